The minimum absolute atomic E-state index is 0.0893. The molecule has 0 unspecified atom stereocenters. The predicted molar refractivity (Wildman–Crippen MR) is 154 cm³/mol. The summed E-state index contributed by atoms with van der Waals surface area (Å²) in [5, 5.41) is 8.97. The lowest BCUT2D eigenvalue weighted by molar-refractivity contribution is 0.0901. The fourth-order valence-corrected chi connectivity index (χ4v) is 5.16. The lowest BCUT2D eigenvalue weighted by Crippen LogP contribution is -2.46. The van der Waals surface area contributed by atoms with Crippen molar-refractivity contribution in [1.29, 1.82) is 0 Å². The second-order valence-corrected chi connectivity index (χ2v) is 9.99. The molecule has 0 atom stereocenters. The van der Waals surface area contributed by atoms with Gasteiger partial charge in [-0.05, 0) is 42.5 Å². The van der Waals surface area contributed by atoms with Crippen LogP contribution >= 0.6 is 0 Å². The predicted octanol–water partition coefficient (Wildman–Crippen LogP) is 6.37. The average molecular weight is 513 g/mol. The van der Waals surface area contributed by atoms with Crippen molar-refractivity contribution >= 4 is 17.6 Å². The molecule has 0 aliphatic carbocycles. The summed E-state index contributed by atoms with van der Waals surface area (Å²) >= 11 is 0. The second-order valence-electron chi connectivity index (χ2n) is 9.99. The molecule has 1 heterocycles. The van der Waals surface area contributed by atoms with Gasteiger partial charge < -0.3 is 16.0 Å². The van der Waals surface area contributed by atoms with Gasteiger partial charge in [-0.25, -0.2) is 4.79 Å². The van der Waals surface area contributed by atoms with Crippen molar-refractivity contribution in [3.05, 3.63) is 102 Å². The molecule has 3 aromatic rings. The zero-order valence-corrected chi connectivity index (χ0v) is 22.4. The van der Waals surface area contributed by atoms with Crippen LogP contribution in [0.15, 0.2) is 84.9 Å². The van der Waals surface area contributed by atoms with Crippen molar-refractivity contribution in [2.75, 3.05) is 25.0 Å². The molecule has 4 rings (SSSR count). The topological polar surface area (TPSA) is 73.5 Å². The Morgan fingerprint density at radius 3 is 2.05 bits per heavy atom. The number of likely N-dealkylation sites (tertiary alicyclic amines) is 1. The first-order valence-electron chi connectivity index (χ1n) is 13.9. The maximum atomic E-state index is 13.2. The van der Waals surface area contributed by atoms with Gasteiger partial charge in [0.15, 0.2) is 0 Å². The van der Waals surface area contributed by atoms with E-state index in [0.29, 0.717) is 17.8 Å². The molecule has 6 heteroatoms. The summed E-state index contributed by atoms with van der Waals surface area (Å²) in [6.07, 6.45) is 6.13. The van der Waals surface area contributed by atoms with Gasteiger partial charge in [0, 0.05) is 25.7 Å². The Bertz CT molecular complexity index is 1100. The molecule has 200 valence electrons. The van der Waals surface area contributed by atoms with Crippen molar-refractivity contribution < 1.29 is 9.59 Å². The summed E-state index contributed by atoms with van der Waals surface area (Å²) in [4.78, 5) is 28.1. The van der Waals surface area contributed by atoms with Crippen LogP contribution in [0.3, 0.4) is 0 Å². The number of amides is 3. The molecular formula is C32H40N4O2. The van der Waals surface area contributed by atoms with Gasteiger partial charge in [0.2, 0.25) is 0 Å². The van der Waals surface area contributed by atoms with Crippen molar-refractivity contribution in [2.45, 2.75) is 57.5 Å². The van der Waals surface area contributed by atoms with Gasteiger partial charge in [-0.3, -0.25) is 9.69 Å². The van der Waals surface area contributed by atoms with Crippen molar-refractivity contribution in [1.82, 2.24) is 15.5 Å². The van der Waals surface area contributed by atoms with E-state index in [1.165, 1.54) is 17.5 Å². The molecule has 1 fully saturated rings. The minimum atomic E-state index is -0.275. The van der Waals surface area contributed by atoms with Crippen molar-refractivity contribution in [3.8, 4) is 0 Å². The molecule has 0 aromatic heterocycles. The van der Waals surface area contributed by atoms with E-state index in [2.05, 4.69) is 88.4 Å². The number of piperidine rings is 1. The second kappa shape index (κ2) is 14.3. The third-order valence-corrected chi connectivity index (χ3v) is 7.20. The fourth-order valence-electron chi connectivity index (χ4n) is 5.16. The third-order valence-electron chi connectivity index (χ3n) is 7.20. The van der Waals surface area contributed by atoms with E-state index < -0.39 is 0 Å². The van der Waals surface area contributed by atoms with E-state index in [-0.39, 0.29) is 24.0 Å². The van der Waals surface area contributed by atoms with E-state index in [1.54, 1.807) is 12.1 Å². The average Bonchev–Trinajstić information content (AvgIpc) is 2.95. The van der Waals surface area contributed by atoms with Gasteiger partial charge in [0.25, 0.3) is 5.91 Å². The van der Waals surface area contributed by atoms with Crippen molar-refractivity contribution in [3.63, 3.8) is 0 Å². The van der Waals surface area contributed by atoms with Gasteiger partial charge in [-0.15, -0.1) is 0 Å². The van der Waals surface area contributed by atoms with Gasteiger partial charge in [-0.2, -0.15) is 0 Å². The van der Waals surface area contributed by atoms with Crippen LogP contribution in [-0.4, -0.2) is 42.5 Å². The summed E-state index contributed by atoms with van der Waals surface area (Å²) in [5.74, 6) is -0.148. The molecule has 0 saturated carbocycles. The smallest absolute Gasteiger partial charge is 0.319 e. The highest BCUT2D eigenvalue weighted by Gasteiger charge is 2.28. The number of nitrogens with zero attached hydrogens (tertiary/aromatic N) is 1. The number of carbonyl (C=O) groups is 2. The summed E-state index contributed by atoms with van der Waals surface area (Å²) in [5.41, 5.74) is 3.58. The highest BCUT2D eigenvalue weighted by Crippen LogP contribution is 2.31. The Kier molecular flexibility index (Phi) is 10.3. The first-order chi connectivity index (χ1) is 18.7. The number of anilines is 1. The quantitative estimate of drug-likeness (QED) is 0.261. The van der Waals surface area contributed by atoms with Gasteiger partial charge >= 0.3 is 6.03 Å². The number of benzene rings is 3. The zero-order valence-electron chi connectivity index (χ0n) is 22.4. The van der Waals surface area contributed by atoms with Gasteiger partial charge in [-0.1, -0.05) is 99.0 Å². The maximum Gasteiger partial charge on any atom is 0.319 e. The number of hydrogen-bond acceptors (Lipinski definition) is 3. The largest absolute Gasteiger partial charge is 0.349 e. The molecule has 6 nitrogen and oxygen atoms in total. The van der Waals surface area contributed by atoms with E-state index >= 15 is 0 Å². The van der Waals surface area contributed by atoms with Crippen LogP contribution in [0.25, 0.3) is 0 Å². The standard InChI is InChI=1S/C32H40N4O2/c1-2-3-4-13-22-33-32(38)35-29-19-12-11-18-28(29)31(37)34-27-20-23-36(24-21-27)30(25-14-7-5-8-15-25)26-16-9-6-10-17-26/h5-12,14-19,27,30H,2-4,13,20-24H2,1H3,(H,34,37)(H2,33,35,38). The normalized spacial score (nSPS) is 14.3. The van der Waals surface area contributed by atoms with Crippen LogP contribution in [0.5, 0.6) is 0 Å². The first kappa shape index (κ1) is 27.4. The van der Waals surface area contributed by atoms with E-state index in [4.69, 9.17) is 0 Å². The Morgan fingerprint density at radius 1 is 0.816 bits per heavy atom. The number of unbranched alkanes of at least 4 members (excludes halogenated alkanes) is 3. The Balaban J connectivity index is 1.33. The highest BCUT2D eigenvalue weighted by molar-refractivity contribution is 6.03. The van der Waals surface area contributed by atoms with Crippen LogP contribution in [0, 0.1) is 0 Å². The van der Waals surface area contributed by atoms with Crippen LogP contribution in [0.1, 0.15) is 73.0 Å². The SMILES string of the molecule is CCCCCCNC(=O)Nc1ccccc1C(=O)NC1CCN(C(c2ccccc2)c2ccccc2)CC1. The number of hydrogen-bond donors (Lipinski definition) is 3. The minimum Gasteiger partial charge on any atom is -0.349 e. The van der Waals surface area contributed by atoms with Gasteiger partial charge in [0.1, 0.15) is 0 Å². The van der Waals surface area contributed by atoms with Gasteiger partial charge in [0.05, 0.1) is 17.3 Å². The monoisotopic (exact) mass is 512 g/mol. The zero-order chi connectivity index (χ0) is 26.6. The van der Waals surface area contributed by atoms with Crippen LogP contribution in [0.2, 0.25) is 0 Å². The molecule has 38 heavy (non-hydrogen) atoms. The van der Waals surface area contributed by atoms with E-state index in [9.17, 15) is 9.59 Å². The number of urea groups is 1. The lowest BCUT2D eigenvalue weighted by Gasteiger charge is -2.38. The molecule has 0 radical (unpaired) electrons. The third kappa shape index (κ3) is 7.68. The Labute approximate surface area is 226 Å². The molecule has 1 saturated heterocycles. The van der Waals surface area contributed by atoms with Crippen LogP contribution in [0.4, 0.5) is 10.5 Å². The number of rotatable bonds is 11. The van der Waals surface area contributed by atoms with E-state index in [1.807, 2.05) is 12.1 Å². The molecule has 0 spiro atoms. The van der Waals surface area contributed by atoms with E-state index in [0.717, 1.165) is 45.2 Å². The molecule has 1 aliphatic rings. The fraction of sp³-hybridized carbons (Fsp3) is 0.375. The molecule has 3 amide bonds. The van der Waals surface area contributed by atoms with Crippen LogP contribution < -0.4 is 16.0 Å². The maximum absolute atomic E-state index is 13.2. The molecule has 3 N–H and O–H groups in total. The Morgan fingerprint density at radius 2 is 1.42 bits per heavy atom. The highest BCUT2D eigenvalue weighted by atomic mass is 16.2. The Hall–Kier alpha value is -3.64. The first-order valence-corrected chi connectivity index (χ1v) is 13.9. The molecule has 0 bridgehead atoms. The molecule has 3 aromatic carbocycles. The lowest BCUT2D eigenvalue weighted by atomic mass is 9.94. The molecular weight excluding hydrogens is 472 g/mol. The van der Waals surface area contributed by atoms with Crippen molar-refractivity contribution in [2.24, 2.45) is 0 Å². The van der Waals surface area contributed by atoms with Crippen LogP contribution in [-0.2, 0) is 0 Å². The number of para-hydroxylation sites is 1. The summed E-state index contributed by atoms with van der Waals surface area (Å²) in [6, 6.07) is 28.5. The molecule has 1 aliphatic heterocycles. The summed E-state index contributed by atoms with van der Waals surface area (Å²) < 4.78 is 0. The summed E-state index contributed by atoms with van der Waals surface area (Å²) in [6.45, 7) is 4.57. The number of nitrogens with one attached hydrogen (secondary N) is 3. The number of carbonyl (C=O) groups excluding carboxylic acids is 2. The summed E-state index contributed by atoms with van der Waals surface area (Å²) in [7, 11) is 0.